The minimum absolute atomic E-state index is 0.139. The number of ether oxygens (including phenoxy) is 1. The van der Waals surface area contributed by atoms with Crippen LogP contribution in [0.3, 0.4) is 0 Å². The molecule has 0 spiro atoms. The van der Waals surface area contributed by atoms with E-state index in [0.29, 0.717) is 18.7 Å². The summed E-state index contributed by atoms with van der Waals surface area (Å²) >= 11 is 0.226. The number of hydrogen-bond donors (Lipinski definition) is 1. The van der Waals surface area contributed by atoms with Gasteiger partial charge in [-0.15, -0.1) is 0 Å². The molecule has 1 N–H and O–H groups in total. The fraction of sp³-hybridized carbons (Fsp3) is 0.167. The molecule has 3 aromatic rings. The molecule has 1 amide bonds. The maximum Gasteiger partial charge on any atom is 0.441 e. The summed E-state index contributed by atoms with van der Waals surface area (Å²) < 4.78 is 47.0. The highest BCUT2D eigenvalue weighted by molar-refractivity contribution is 8.27. The van der Waals surface area contributed by atoms with Crippen molar-refractivity contribution < 1.29 is 22.7 Å². The van der Waals surface area contributed by atoms with Gasteiger partial charge in [0.25, 0.3) is 5.91 Å². The van der Waals surface area contributed by atoms with E-state index in [0.717, 1.165) is 27.2 Å². The SMILES string of the molecule is Cc1ccc(OCCn2cc(/C=C3/C(=N)N4N=C(C(F)(F)F)SC4=NC3=O)c3ccccc32)cc1. The molecule has 178 valence electrons. The number of alkyl halides is 3. The summed E-state index contributed by atoms with van der Waals surface area (Å²) in [7, 11) is 0. The molecular weight excluding hydrogens is 479 g/mol. The molecule has 3 heterocycles. The highest BCUT2D eigenvalue weighted by Gasteiger charge is 2.46. The number of nitrogens with zero attached hydrogens (tertiary/aromatic N) is 4. The van der Waals surface area contributed by atoms with E-state index in [9.17, 15) is 18.0 Å². The quantitative estimate of drug-likeness (QED) is 0.491. The molecule has 5 rings (SSSR count). The van der Waals surface area contributed by atoms with Crippen molar-refractivity contribution in [2.24, 2.45) is 10.1 Å². The van der Waals surface area contributed by atoms with Gasteiger partial charge in [-0.2, -0.15) is 28.3 Å². The van der Waals surface area contributed by atoms with Crippen molar-refractivity contribution in [2.45, 2.75) is 19.6 Å². The molecule has 35 heavy (non-hydrogen) atoms. The number of fused-ring (bicyclic) bond motifs is 2. The maximum atomic E-state index is 13.1. The monoisotopic (exact) mass is 497 g/mol. The molecule has 2 aliphatic heterocycles. The van der Waals surface area contributed by atoms with Crippen LogP contribution in [-0.2, 0) is 11.3 Å². The number of rotatable bonds is 5. The minimum Gasteiger partial charge on any atom is -0.492 e. The Hall–Kier alpha value is -3.86. The summed E-state index contributed by atoms with van der Waals surface area (Å²) in [5.74, 6) is -0.482. The standard InChI is InChI=1S/C24H18F3N5O2S/c1-14-6-8-16(9-7-14)34-11-10-31-13-15(17-4-2-3-5-19(17)31)12-18-20(28)32-23(29-21(18)33)35-22(30-32)24(25,26)27/h2-9,12-13,28H,10-11H2,1H3/b18-12-,28-20?. The molecule has 0 bridgehead atoms. The largest absolute Gasteiger partial charge is 0.492 e. The van der Waals surface area contributed by atoms with E-state index in [2.05, 4.69) is 10.1 Å². The number of aryl methyl sites for hydroxylation is 1. The van der Waals surface area contributed by atoms with Crippen molar-refractivity contribution >= 4 is 50.7 Å². The van der Waals surface area contributed by atoms with Crippen molar-refractivity contribution in [1.82, 2.24) is 9.58 Å². The Bertz CT molecular complexity index is 1440. The Morgan fingerprint density at radius 1 is 1.14 bits per heavy atom. The van der Waals surface area contributed by atoms with Crippen molar-refractivity contribution in [3.05, 3.63) is 71.4 Å². The number of benzene rings is 2. The number of carbonyl (C=O) groups excluding carboxylic acids is 1. The van der Waals surface area contributed by atoms with Gasteiger partial charge in [-0.3, -0.25) is 10.2 Å². The second kappa shape index (κ2) is 8.73. The summed E-state index contributed by atoms with van der Waals surface area (Å²) in [4.78, 5) is 16.3. The molecule has 7 nitrogen and oxygen atoms in total. The van der Waals surface area contributed by atoms with Crippen molar-refractivity contribution in [3.63, 3.8) is 0 Å². The number of halogens is 3. The smallest absolute Gasteiger partial charge is 0.441 e. The van der Waals surface area contributed by atoms with Gasteiger partial charge in [0.05, 0.1) is 12.1 Å². The van der Waals surface area contributed by atoms with Gasteiger partial charge in [-0.05, 0) is 43.0 Å². The molecule has 0 radical (unpaired) electrons. The Morgan fingerprint density at radius 3 is 2.63 bits per heavy atom. The topological polar surface area (TPSA) is 83.0 Å². The second-order valence-corrected chi connectivity index (χ2v) is 8.84. The number of carbonyl (C=O) groups is 1. The molecule has 0 atom stereocenters. The fourth-order valence-electron chi connectivity index (χ4n) is 3.73. The zero-order valence-corrected chi connectivity index (χ0v) is 19.2. The average molecular weight is 498 g/mol. The third-order valence-electron chi connectivity index (χ3n) is 5.44. The van der Waals surface area contributed by atoms with Crippen LogP contribution in [0.1, 0.15) is 11.1 Å². The number of aliphatic imine (C=N–C) groups is 1. The van der Waals surface area contributed by atoms with Gasteiger partial charge in [-0.1, -0.05) is 35.9 Å². The van der Waals surface area contributed by atoms with Gasteiger partial charge < -0.3 is 9.30 Å². The first-order chi connectivity index (χ1) is 16.7. The lowest BCUT2D eigenvalue weighted by molar-refractivity contribution is -0.114. The van der Waals surface area contributed by atoms with Crippen molar-refractivity contribution in [3.8, 4) is 5.75 Å². The molecular formula is C24H18F3N5O2S. The molecule has 0 unspecified atom stereocenters. The van der Waals surface area contributed by atoms with Crippen LogP contribution in [-0.4, -0.2) is 44.3 Å². The summed E-state index contributed by atoms with van der Waals surface area (Å²) in [5, 5.41) is 11.9. The molecule has 2 aromatic carbocycles. The van der Waals surface area contributed by atoms with Gasteiger partial charge in [0.2, 0.25) is 10.2 Å². The highest BCUT2D eigenvalue weighted by atomic mass is 32.2. The molecule has 2 aliphatic rings. The maximum absolute atomic E-state index is 13.1. The van der Waals surface area contributed by atoms with E-state index in [1.54, 1.807) is 0 Å². The summed E-state index contributed by atoms with van der Waals surface area (Å²) in [6.07, 6.45) is -1.40. The predicted octanol–water partition coefficient (Wildman–Crippen LogP) is 5.21. The Kier molecular flexibility index (Phi) is 5.72. The summed E-state index contributed by atoms with van der Waals surface area (Å²) in [6, 6.07) is 15.3. The molecule has 0 fully saturated rings. The van der Waals surface area contributed by atoms with Crippen LogP contribution in [0.2, 0.25) is 0 Å². The number of thioether (sulfide) groups is 1. The normalized spacial score (nSPS) is 17.1. The molecule has 0 aliphatic carbocycles. The number of para-hydroxylation sites is 1. The summed E-state index contributed by atoms with van der Waals surface area (Å²) in [5.41, 5.74) is 2.52. The minimum atomic E-state index is -4.69. The highest BCUT2D eigenvalue weighted by Crippen LogP contribution is 2.35. The molecule has 0 saturated carbocycles. The zero-order valence-electron chi connectivity index (χ0n) is 18.3. The Balaban J connectivity index is 1.43. The third-order valence-corrected chi connectivity index (χ3v) is 6.39. The molecule has 0 saturated heterocycles. The number of hydrazone groups is 1. The number of amidine groups is 2. The van der Waals surface area contributed by atoms with Gasteiger partial charge in [0.1, 0.15) is 12.4 Å². The lowest BCUT2D eigenvalue weighted by Crippen LogP contribution is -2.35. The number of nitrogens with one attached hydrogen (secondary N) is 1. The van der Waals surface area contributed by atoms with Crippen LogP contribution in [0.25, 0.3) is 17.0 Å². The van der Waals surface area contributed by atoms with E-state index < -0.39 is 23.0 Å². The first kappa shape index (κ1) is 22.9. The zero-order chi connectivity index (χ0) is 24.7. The lowest BCUT2D eigenvalue weighted by Gasteiger charge is -2.20. The van der Waals surface area contributed by atoms with Gasteiger partial charge in [0, 0.05) is 22.7 Å². The van der Waals surface area contributed by atoms with Gasteiger partial charge >= 0.3 is 6.18 Å². The first-order valence-electron chi connectivity index (χ1n) is 10.6. The van der Waals surface area contributed by atoms with Crippen molar-refractivity contribution in [2.75, 3.05) is 6.61 Å². The second-order valence-electron chi connectivity index (χ2n) is 7.88. The van der Waals surface area contributed by atoms with Crippen LogP contribution < -0.4 is 4.74 Å². The first-order valence-corrected chi connectivity index (χ1v) is 11.4. The fourth-order valence-corrected chi connectivity index (χ4v) is 4.49. The number of aromatic nitrogens is 1. The third kappa shape index (κ3) is 4.46. The van der Waals surface area contributed by atoms with E-state index >= 15 is 0 Å². The van der Waals surface area contributed by atoms with E-state index in [4.69, 9.17) is 10.1 Å². The summed E-state index contributed by atoms with van der Waals surface area (Å²) in [6.45, 7) is 2.92. The van der Waals surface area contributed by atoms with Gasteiger partial charge in [0.15, 0.2) is 5.84 Å². The van der Waals surface area contributed by atoms with Gasteiger partial charge in [-0.25, -0.2) is 0 Å². The van der Waals surface area contributed by atoms with Crippen LogP contribution in [0.15, 0.2) is 70.4 Å². The predicted molar refractivity (Wildman–Crippen MR) is 130 cm³/mol. The Morgan fingerprint density at radius 2 is 1.89 bits per heavy atom. The number of amides is 1. The molecule has 11 heteroatoms. The Labute approximate surface area is 202 Å². The van der Waals surface area contributed by atoms with Crippen LogP contribution in [0, 0.1) is 12.3 Å². The average Bonchev–Trinajstić information content (AvgIpc) is 3.40. The molecule has 1 aromatic heterocycles. The van der Waals surface area contributed by atoms with Crippen LogP contribution in [0.4, 0.5) is 13.2 Å². The number of hydrogen-bond acceptors (Lipinski definition) is 5. The lowest BCUT2D eigenvalue weighted by atomic mass is 10.1. The van der Waals surface area contributed by atoms with E-state index in [1.165, 1.54) is 6.08 Å². The van der Waals surface area contributed by atoms with E-state index in [1.807, 2.05) is 66.2 Å². The van der Waals surface area contributed by atoms with Crippen LogP contribution in [0.5, 0.6) is 5.75 Å². The van der Waals surface area contributed by atoms with E-state index in [-0.39, 0.29) is 22.5 Å². The van der Waals surface area contributed by atoms with Crippen LogP contribution >= 0.6 is 11.8 Å². The van der Waals surface area contributed by atoms with Crippen molar-refractivity contribution in [1.29, 1.82) is 5.41 Å².